The molecule has 5 heteroatoms. The van der Waals surface area contributed by atoms with Gasteiger partial charge in [-0.1, -0.05) is 48.5 Å². The molecule has 1 aliphatic carbocycles. The summed E-state index contributed by atoms with van der Waals surface area (Å²) < 4.78 is 0. The third-order valence-corrected chi connectivity index (χ3v) is 3.20. The third-order valence-electron chi connectivity index (χ3n) is 3.20. The van der Waals surface area contributed by atoms with Gasteiger partial charge in [-0.25, -0.2) is 0 Å². The minimum atomic E-state index is -0.0641. The SMILES string of the molecule is C1=COON=C1.O=C1c2ccccc2C(=O)c2ccccc21. The maximum Gasteiger partial charge on any atom is 0.194 e. The molecule has 0 fully saturated rings. The normalized spacial score (nSPS) is 14.0. The van der Waals surface area contributed by atoms with Crippen LogP contribution in [0.3, 0.4) is 0 Å². The molecule has 0 amide bonds. The quantitative estimate of drug-likeness (QED) is 0.598. The number of carbonyl (C=O) groups excluding carboxylic acids is 2. The summed E-state index contributed by atoms with van der Waals surface area (Å²) in [6.45, 7) is 0. The molecule has 0 aromatic heterocycles. The topological polar surface area (TPSA) is 65.0 Å². The fraction of sp³-hybridized carbons (Fsp3) is 0. The van der Waals surface area contributed by atoms with Gasteiger partial charge in [0.05, 0.1) is 6.21 Å². The summed E-state index contributed by atoms with van der Waals surface area (Å²) in [7, 11) is 0. The van der Waals surface area contributed by atoms with Crippen LogP contribution in [0, 0.1) is 0 Å². The van der Waals surface area contributed by atoms with E-state index in [9.17, 15) is 9.59 Å². The predicted molar refractivity (Wildman–Crippen MR) is 79.6 cm³/mol. The molecule has 2 aliphatic rings. The number of carbonyl (C=O) groups is 2. The lowest BCUT2D eigenvalue weighted by atomic mass is 9.84. The number of benzene rings is 2. The molecule has 0 unspecified atom stereocenters. The Kier molecular flexibility index (Phi) is 3.78. The second-order valence-electron chi connectivity index (χ2n) is 4.50. The summed E-state index contributed by atoms with van der Waals surface area (Å²) in [5, 5.41) is 3.24. The maximum atomic E-state index is 12.1. The molecule has 4 rings (SSSR count). The van der Waals surface area contributed by atoms with E-state index in [4.69, 9.17) is 0 Å². The number of hydrogen-bond donors (Lipinski definition) is 0. The Bertz CT molecular complexity index is 675. The first kappa shape index (κ1) is 13.8. The van der Waals surface area contributed by atoms with Crippen LogP contribution in [0.15, 0.2) is 66.0 Å². The number of nitrogens with zero attached hydrogens (tertiary/aromatic N) is 1. The van der Waals surface area contributed by atoms with Crippen molar-refractivity contribution in [1.82, 2.24) is 0 Å². The van der Waals surface area contributed by atoms with Crippen LogP contribution in [0.25, 0.3) is 0 Å². The van der Waals surface area contributed by atoms with E-state index in [0.29, 0.717) is 22.3 Å². The van der Waals surface area contributed by atoms with Crippen molar-refractivity contribution in [2.45, 2.75) is 0 Å². The highest BCUT2D eigenvalue weighted by atomic mass is 17.3. The van der Waals surface area contributed by atoms with Gasteiger partial charge in [-0.15, -0.1) is 0 Å². The number of rotatable bonds is 0. The van der Waals surface area contributed by atoms with Gasteiger partial charge in [0, 0.05) is 22.3 Å². The van der Waals surface area contributed by atoms with E-state index >= 15 is 0 Å². The van der Waals surface area contributed by atoms with Crippen LogP contribution >= 0.6 is 0 Å². The van der Waals surface area contributed by atoms with E-state index in [1.165, 1.54) is 12.5 Å². The third kappa shape index (κ3) is 2.52. The molecule has 2 aromatic carbocycles. The van der Waals surface area contributed by atoms with Crippen molar-refractivity contribution in [2.24, 2.45) is 5.16 Å². The van der Waals surface area contributed by atoms with Crippen LogP contribution in [0.1, 0.15) is 31.8 Å². The van der Waals surface area contributed by atoms with E-state index in [1.807, 2.05) is 0 Å². The van der Waals surface area contributed by atoms with Crippen molar-refractivity contribution in [1.29, 1.82) is 0 Å². The molecule has 0 N–H and O–H groups in total. The summed E-state index contributed by atoms with van der Waals surface area (Å²) in [5.74, 6) is -0.128. The number of ketones is 2. The molecule has 5 nitrogen and oxygen atoms in total. The Labute approximate surface area is 126 Å². The summed E-state index contributed by atoms with van der Waals surface area (Å²) in [5.41, 5.74) is 2.02. The summed E-state index contributed by atoms with van der Waals surface area (Å²) >= 11 is 0. The van der Waals surface area contributed by atoms with E-state index < -0.39 is 0 Å². The first-order chi connectivity index (χ1) is 10.8. The first-order valence-corrected chi connectivity index (χ1v) is 6.57. The molecular formula is C17H11NO4. The molecule has 0 saturated carbocycles. The molecular weight excluding hydrogens is 282 g/mol. The van der Waals surface area contributed by atoms with Crippen molar-refractivity contribution >= 4 is 17.8 Å². The fourth-order valence-electron chi connectivity index (χ4n) is 2.23. The van der Waals surface area contributed by atoms with Gasteiger partial charge in [-0.3, -0.25) is 14.5 Å². The molecule has 0 atom stereocenters. The molecule has 108 valence electrons. The second-order valence-corrected chi connectivity index (χ2v) is 4.50. The number of hydrogen-bond acceptors (Lipinski definition) is 5. The molecule has 1 aliphatic heterocycles. The standard InChI is InChI=1S/C14H8O2.C3H3NO2/c15-13-9-5-1-2-6-10(9)14(16)12-8-4-3-7-11(12)13;1-2-4-6-5-3-1/h1-8H;1-3H. The maximum absolute atomic E-state index is 12.1. The second kappa shape index (κ2) is 6.05. The summed E-state index contributed by atoms with van der Waals surface area (Å²) in [6.07, 6.45) is 4.51. The van der Waals surface area contributed by atoms with Crippen molar-refractivity contribution in [2.75, 3.05) is 0 Å². The summed E-state index contributed by atoms with van der Waals surface area (Å²) in [4.78, 5) is 32.4. The van der Waals surface area contributed by atoms with Gasteiger partial charge in [0.15, 0.2) is 11.6 Å². The Morgan fingerprint density at radius 1 is 0.727 bits per heavy atom. The highest BCUT2D eigenvalue weighted by molar-refractivity contribution is 6.28. The highest BCUT2D eigenvalue weighted by Crippen LogP contribution is 2.26. The van der Waals surface area contributed by atoms with Gasteiger partial charge in [0.1, 0.15) is 6.26 Å². The average molecular weight is 293 g/mol. The van der Waals surface area contributed by atoms with Crippen LogP contribution in [0.4, 0.5) is 0 Å². The van der Waals surface area contributed by atoms with E-state index in [1.54, 1.807) is 54.6 Å². The molecule has 0 saturated heterocycles. The molecule has 0 spiro atoms. The van der Waals surface area contributed by atoms with Crippen LogP contribution in [0.2, 0.25) is 0 Å². The predicted octanol–water partition coefficient (Wildman–Crippen LogP) is 2.91. The fourth-order valence-corrected chi connectivity index (χ4v) is 2.23. The molecule has 1 heterocycles. The monoisotopic (exact) mass is 293 g/mol. The Morgan fingerprint density at radius 2 is 1.18 bits per heavy atom. The van der Waals surface area contributed by atoms with Gasteiger partial charge >= 0.3 is 0 Å². The lowest BCUT2D eigenvalue weighted by Gasteiger charge is -2.16. The van der Waals surface area contributed by atoms with Gasteiger partial charge in [0.2, 0.25) is 0 Å². The van der Waals surface area contributed by atoms with Gasteiger partial charge < -0.3 is 0 Å². The Balaban J connectivity index is 0.000000202. The average Bonchev–Trinajstić information content (AvgIpc) is 2.62. The zero-order valence-corrected chi connectivity index (χ0v) is 11.4. The van der Waals surface area contributed by atoms with Crippen LogP contribution in [-0.4, -0.2) is 17.8 Å². The summed E-state index contributed by atoms with van der Waals surface area (Å²) in [6, 6.07) is 13.9. The molecule has 0 radical (unpaired) electrons. The van der Waals surface area contributed by atoms with Gasteiger partial charge in [-0.2, -0.15) is 4.99 Å². The van der Waals surface area contributed by atoms with E-state index in [-0.39, 0.29) is 11.6 Å². The van der Waals surface area contributed by atoms with Crippen molar-refractivity contribution in [3.8, 4) is 0 Å². The minimum absolute atomic E-state index is 0.0641. The van der Waals surface area contributed by atoms with Crippen LogP contribution < -0.4 is 0 Å². The van der Waals surface area contributed by atoms with Crippen molar-refractivity contribution in [3.05, 3.63) is 83.1 Å². The Morgan fingerprint density at radius 3 is 1.41 bits per heavy atom. The first-order valence-electron chi connectivity index (χ1n) is 6.57. The molecule has 22 heavy (non-hydrogen) atoms. The van der Waals surface area contributed by atoms with Gasteiger partial charge in [-0.05, 0) is 11.2 Å². The zero-order chi connectivity index (χ0) is 15.4. The lowest BCUT2D eigenvalue weighted by Crippen LogP contribution is -2.20. The smallest absolute Gasteiger partial charge is 0.194 e. The largest absolute Gasteiger partial charge is 0.289 e. The van der Waals surface area contributed by atoms with Crippen LogP contribution in [-0.2, 0) is 9.88 Å². The molecule has 2 aromatic rings. The number of allylic oxidation sites excluding steroid dienone is 1. The number of fused-ring (bicyclic) bond motifs is 2. The number of oxime groups is 1. The van der Waals surface area contributed by atoms with E-state index in [2.05, 4.69) is 15.0 Å². The zero-order valence-electron chi connectivity index (χ0n) is 11.4. The lowest BCUT2D eigenvalue weighted by molar-refractivity contribution is -0.251. The van der Waals surface area contributed by atoms with Crippen molar-refractivity contribution in [3.63, 3.8) is 0 Å². The van der Waals surface area contributed by atoms with Gasteiger partial charge in [0.25, 0.3) is 0 Å². The Hall–Kier alpha value is -3.21. The molecule has 0 bridgehead atoms. The van der Waals surface area contributed by atoms with E-state index in [0.717, 1.165) is 0 Å². The highest BCUT2D eigenvalue weighted by Gasteiger charge is 2.28. The minimum Gasteiger partial charge on any atom is -0.289 e. The van der Waals surface area contributed by atoms with Crippen LogP contribution in [0.5, 0.6) is 0 Å². The van der Waals surface area contributed by atoms with Crippen molar-refractivity contribution < 1.29 is 19.5 Å².